The van der Waals surface area contributed by atoms with Crippen molar-refractivity contribution in [3.8, 4) is 0 Å². The van der Waals surface area contributed by atoms with Gasteiger partial charge in [-0.1, -0.05) is 0 Å². The first-order valence-electron chi connectivity index (χ1n) is 5.96. The van der Waals surface area contributed by atoms with Gasteiger partial charge in [0.05, 0.1) is 0 Å². The zero-order valence-corrected chi connectivity index (χ0v) is 9.85. The molecule has 2 heterocycles. The van der Waals surface area contributed by atoms with Gasteiger partial charge in [-0.25, -0.2) is 9.97 Å². The van der Waals surface area contributed by atoms with Gasteiger partial charge in [0, 0.05) is 24.8 Å². The van der Waals surface area contributed by atoms with Crippen molar-refractivity contribution in [2.24, 2.45) is 23.5 Å². The number of fused-ring (bicyclic) bond motifs is 1. The van der Waals surface area contributed by atoms with Crippen LogP contribution in [0.5, 0.6) is 0 Å². The number of nitrogens with two attached hydrogens (primary N) is 1. The van der Waals surface area contributed by atoms with E-state index in [1.165, 1.54) is 0 Å². The molecule has 4 nitrogen and oxygen atoms in total. The number of hydrogen-bond donors (Lipinski definition) is 1. The summed E-state index contributed by atoms with van der Waals surface area (Å²) in [5, 5.41) is 0. The highest BCUT2D eigenvalue weighted by atomic mass is 15.2. The Hall–Kier alpha value is -1.16. The van der Waals surface area contributed by atoms with Crippen LogP contribution >= 0.6 is 0 Å². The van der Waals surface area contributed by atoms with Crippen molar-refractivity contribution in [3.63, 3.8) is 0 Å². The Labute approximate surface area is 95.9 Å². The molecule has 3 rings (SSSR count). The Balaban J connectivity index is 1.76. The minimum Gasteiger partial charge on any atom is -0.356 e. The molecule has 2 N–H and O–H groups in total. The maximum atomic E-state index is 5.71. The summed E-state index contributed by atoms with van der Waals surface area (Å²) in [7, 11) is 0. The number of hydrogen-bond acceptors (Lipinski definition) is 4. The van der Waals surface area contributed by atoms with Crippen LogP contribution in [-0.2, 0) is 0 Å². The van der Waals surface area contributed by atoms with Crippen molar-refractivity contribution in [1.82, 2.24) is 9.97 Å². The standard InChI is InChI=1S/C12H18N4/c1-7-3-12(15-8(2)14-7)16-5-10-9(4-13)11(10)6-16/h3,9-11H,4-6,13H2,1-2H3. The molecule has 1 saturated heterocycles. The minimum absolute atomic E-state index is 0.778. The average Bonchev–Trinajstić information content (AvgIpc) is 2.68. The highest BCUT2D eigenvalue weighted by molar-refractivity contribution is 5.43. The van der Waals surface area contributed by atoms with Crippen LogP contribution < -0.4 is 10.6 Å². The maximum absolute atomic E-state index is 5.71. The van der Waals surface area contributed by atoms with E-state index in [0.29, 0.717) is 0 Å². The third-order valence-electron chi connectivity index (χ3n) is 3.92. The van der Waals surface area contributed by atoms with E-state index in [1.54, 1.807) is 0 Å². The fraction of sp³-hybridized carbons (Fsp3) is 0.667. The molecule has 1 aliphatic carbocycles. The van der Waals surface area contributed by atoms with Crippen LogP contribution in [0.15, 0.2) is 6.07 Å². The van der Waals surface area contributed by atoms with Gasteiger partial charge in [-0.05, 0) is 38.1 Å². The second kappa shape index (κ2) is 3.42. The van der Waals surface area contributed by atoms with E-state index in [4.69, 9.17) is 5.73 Å². The second-order valence-electron chi connectivity index (χ2n) is 5.05. The van der Waals surface area contributed by atoms with Crippen LogP contribution in [0.1, 0.15) is 11.5 Å². The van der Waals surface area contributed by atoms with Crippen LogP contribution in [0.2, 0.25) is 0 Å². The molecule has 2 unspecified atom stereocenters. The summed E-state index contributed by atoms with van der Waals surface area (Å²) >= 11 is 0. The molecule has 1 saturated carbocycles. The lowest BCUT2D eigenvalue weighted by molar-refractivity contribution is 0.642. The van der Waals surface area contributed by atoms with Gasteiger partial charge in [0.1, 0.15) is 11.6 Å². The summed E-state index contributed by atoms with van der Waals surface area (Å²) in [4.78, 5) is 11.2. The summed E-state index contributed by atoms with van der Waals surface area (Å²) in [5.74, 6) is 4.38. The Morgan fingerprint density at radius 3 is 2.56 bits per heavy atom. The first kappa shape index (κ1) is 10.0. The molecule has 1 aromatic rings. The van der Waals surface area contributed by atoms with E-state index in [-0.39, 0.29) is 0 Å². The van der Waals surface area contributed by atoms with Gasteiger partial charge in [-0.2, -0.15) is 0 Å². The van der Waals surface area contributed by atoms with Gasteiger partial charge in [0.25, 0.3) is 0 Å². The lowest BCUT2D eigenvalue weighted by Gasteiger charge is -2.21. The van der Waals surface area contributed by atoms with Gasteiger partial charge in [0.15, 0.2) is 0 Å². The lowest BCUT2D eigenvalue weighted by Crippen LogP contribution is -2.27. The number of rotatable bonds is 2. The van der Waals surface area contributed by atoms with Crippen molar-refractivity contribution >= 4 is 5.82 Å². The van der Waals surface area contributed by atoms with Crippen molar-refractivity contribution in [2.45, 2.75) is 13.8 Å². The number of aromatic nitrogens is 2. The van der Waals surface area contributed by atoms with Gasteiger partial charge < -0.3 is 10.6 Å². The largest absolute Gasteiger partial charge is 0.356 e. The summed E-state index contributed by atoms with van der Waals surface area (Å²) in [5.41, 5.74) is 6.77. The Bertz CT molecular complexity index is 385. The molecule has 2 fully saturated rings. The molecule has 1 aromatic heterocycles. The van der Waals surface area contributed by atoms with Crippen molar-refractivity contribution < 1.29 is 0 Å². The van der Waals surface area contributed by atoms with Crippen LogP contribution in [0, 0.1) is 31.6 Å². The molecule has 86 valence electrons. The van der Waals surface area contributed by atoms with E-state index in [2.05, 4.69) is 20.9 Å². The smallest absolute Gasteiger partial charge is 0.132 e. The number of piperidine rings is 1. The Morgan fingerprint density at radius 1 is 1.31 bits per heavy atom. The third-order valence-corrected chi connectivity index (χ3v) is 3.92. The molecule has 0 spiro atoms. The molecule has 2 atom stereocenters. The van der Waals surface area contributed by atoms with Crippen LogP contribution in [0.25, 0.3) is 0 Å². The SMILES string of the molecule is Cc1cc(N2CC3C(CN)C3C2)nc(C)n1. The molecule has 2 aliphatic rings. The normalized spacial score (nSPS) is 31.7. The molecular formula is C12H18N4. The molecular weight excluding hydrogens is 200 g/mol. The summed E-state index contributed by atoms with van der Waals surface area (Å²) in [6.45, 7) is 7.09. The quantitative estimate of drug-likeness (QED) is 0.795. The van der Waals surface area contributed by atoms with Gasteiger partial charge >= 0.3 is 0 Å². The molecule has 0 bridgehead atoms. The van der Waals surface area contributed by atoms with E-state index in [9.17, 15) is 0 Å². The van der Waals surface area contributed by atoms with E-state index in [0.717, 1.165) is 54.7 Å². The predicted molar refractivity (Wildman–Crippen MR) is 63.2 cm³/mol. The van der Waals surface area contributed by atoms with Crippen LogP contribution in [0.3, 0.4) is 0 Å². The average molecular weight is 218 g/mol. The maximum Gasteiger partial charge on any atom is 0.132 e. The molecule has 1 aliphatic heterocycles. The molecule has 0 amide bonds. The van der Waals surface area contributed by atoms with Gasteiger partial charge in [-0.3, -0.25) is 0 Å². The number of anilines is 1. The summed E-state index contributed by atoms with van der Waals surface area (Å²) < 4.78 is 0. The fourth-order valence-corrected chi connectivity index (χ4v) is 3.05. The topological polar surface area (TPSA) is 55.0 Å². The Morgan fingerprint density at radius 2 is 2.00 bits per heavy atom. The van der Waals surface area contributed by atoms with E-state index >= 15 is 0 Å². The zero-order chi connectivity index (χ0) is 11.3. The highest BCUT2D eigenvalue weighted by Crippen LogP contribution is 2.51. The van der Waals surface area contributed by atoms with Crippen molar-refractivity contribution in [1.29, 1.82) is 0 Å². The number of aryl methyl sites for hydroxylation is 2. The zero-order valence-electron chi connectivity index (χ0n) is 9.85. The first-order chi connectivity index (χ1) is 7.69. The van der Waals surface area contributed by atoms with Crippen molar-refractivity contribution in [3.05, 3.63) is 17.6 Å². The summed E-state index contributed by atoms with van der Waals surface area (Å²) in [6.07, 6.45) is 0. The molecule has 0 radical (unpaired) electrons. The summed E-state index contributed by atoms with van der Waals surface area (Å²) in [6, 6.07) is 2.08. The van der Waals surface area contributed by atoms with Crippen LogP contribution in [-0.4, -0.2) is 29.6 Å². The monoisotopic (exact) mass is 218 g/mol. The van der Waals surface area contributed by atoms with Crippen LogP contribution in [0.4, 0.5) is 5.82 Å². The third kappa shape index (κ3) is 1.48. The fourth-order valence-electron chi connectivity index (χ4n) is 3.05. The highest BCUT2D eigenvalue weighted by Gasteiger charge is 2.54. The predicted octanol–water partition coefficient (Wildman–Crippen LogP) is 0.734. The Kier molecular flexibility index (Phi) is 2.14. The van der Waals surface area contributed by atoms with Gasteiger partial charge in [-0.15, -0.1) is 0 Å². The lowest BCUT2D eigenvalue weighted by atomic mass is 10.2. The number of nitrogens with zero attached hydrogens (tertiary/aromatic N) is 3. The first-order valence-corrected chi connectivity index (χ1v) is 5.96. The van der Waals surface area contributed by atoms with Crippen molar-refractivity contribution in [2.75, 3.05) is 24.5 Å². The van der Waals surface area contributed by atoms with E-state index < -0.39 is 0 Å². The molecule has 16 heavy (non-hydrogen) atoms. The molecule has 4 heteroatoms. The minimum atomic E-state index is 0.778. The van der Waals surface area contributed by atoms with Gasteiger partial charge in [0.2, 0.25) is 0 Å². The molecule has 0 aromatic carbocycles. The second-order valence-corrected chi connectivity index (χ2v) is 5.05. The van der Waals surface area contributed by atoms with E-state index in [1.807, 2.05) is 13.8 Å².